The Morgan fingerprint density at radius 1 is 1.24 bits per heavy atom. The Morgan fingerprint density at radius 2 is 1.94 bits per heavy atom. The van der Waals surface area contributed by atoms with E-state index in [-0.39, 0.29) is 5.41 Å². The fourth-order valence-electron chi connectivity index (χ4n) is 2.64. The van der Waals surface area contributed by atoms with E-state index in [1.807, 2.05) is 11.3 Å². The second-order valence-electron chi connectivity index (χ2n) is 6.17. The van der Waals surface area contributed by atoms with Crippen molar-refractivity contribution >= 4 is 11.3 Å². The second-order valence-corrected chi connectivity index (χ2v) is 7.06. The summed E-state index contributed by atoms with van der Waals surface area (Å²) >= 11 is 1.84. The van der Waals surface area contributed by atoms with Gasteiger partial charge in [0.25, 0.3) is 0 Å². The Kier molecular flexibility index (Phi) is 2.76. The van der Waals surface area contributed by atoms with E-state index in [2.05, 4.69) is 36.0 Å². The van der Waals surface area contributed by atoms with E-state index in [1.54, 1.807) is 0 Å². The molecule has 94 valence electrons. The molecule has 4 heterocycles. The minimum absolute atomic E-state index is 0.179. The van der Waals surface area contributed by atoms with Crippen molar-refractivity contribution in [2.45, 2.75) is 32.2 Å². The summed E-state index contributed by atoms with van der Waals surface area (Å²) in [6.07, 6.45) is 0. The number of thiazole rings is 1. The molecule has 2 bridgehead atoms. The predicted molar refractivity (Wildman–Crippen MR) is 71.6 cm³/mol. The monoisotopic (exact) mass is 251 g/mol. The van der Waals surface area contributed by atoms with Crippen LogP contribution in [0.5, 0.6) is 0 Å². The quantitative estimate of drug-likeness (QED) is 0.762. The van der Waals surface area contributed by atoms with E-state index in [0.717, 1.165) is 0 Å². The van der Waals surface area contributed by atoms with Crippen molar-refractivity contribution in [3.8, 4) is 0 Å². The number of fused-ring (bicyclic) bond motifs is 3. The van der Waals surface area contributed by atoms with Crippen LogP contribution in [0.2, 0.25) is 0 Å². The van der Waals surface area contributed by atoms with Crippen LogP contribution < -0.4 is 0 Å². The summed E-state index contributed by atoms with van der Waals surface area (Å²) < 4.78 is 0. The number of nitrogens with zero attached hydrogens (tertiary/aromatic N) is 3. The second kappa shape index (κ2) is 4.04. The Morgan fingerprint density at radius 3 is 2.41 bits per heavy atom. The Bertz CT molecular complexity index is 399. The molecular formula is C13H21N3S. The van der Waals surface area contributed by atoms with Crippen LogP contribution in [0.25, 0.3) is 0 Å². The van der Waals surface area contributed by atoms with Crippen LogP contribution in [-0.4, -0.2) is 47.5 Å². The number of aromatic nitrogens is 1. The van der Waals surface area contributed by atoms with Gasteiger partial charge >= 0.3 is 0 Å². The van der Waals surface area contributed by atoms with Crippen LogP contribution in [0.4, 0.5) is 0 Å². The van der Waals surface area contributed by atoms with Crippen molar-refractivity contribution in [2.24, 2.45) is 0 Å². The van der Waals surface area contributed by atoms with Gasteiger partial charge in [0.15, 0.2) is 0 Å². The van der Waals surface area contributed by atoms with Gasteiger partial charge in [-0.15, -0.1) is 11.3 Å². The standard InChI is InChI=1S/C13H21N3S/c1-13(2,3)11-9-17-12(14-11)10-8-15-4-6-16(10)7-5-15/h9-10H,4-8H2,1-3H3. The van der Waals surface area contributed by atoms with E-state index >= 15 is 0 Å². The van der Waals surface area contributed by atoms with E-state index in [1.165, 1.54) is 43.4 Å². The molecule has 3 saturated heterocycles. The van der Waals surface area contributed by atoms with Gasteiger partial charge in [-0.25, -0.2) is 4.98 Å². The molecule has 0 radical (unpaired) electrons. The van der Waals surface area contributed by atoms with Crippen molar-refractivity contribution in [3.63, 3.8) is 0 Å². The highest BCUT2D eigenvalue weighted by Gasteiger charge is 2.34. The lowest BCUT2D eigenvalue weighted by Gasteiger charge is -2.46. The first-order chi connectivity index (χ1) is 8.04. The third-order valence-electron chi connectivity index (χ3n) is 3.85. The van der Waals surface area contributed by atoms with E-state index in [0.29, 0.717) is 6.04 Å². The molecule has 0 spiro atoms. The Hall–Kier alpha value is -0.450. The Labute approximate surface area is 107 Å². The van der Waals surface area contributed by atoms with Crippen molar-refractivity contribution in [1.29, 1.82) is 0 Å². The fraction of sp³-hybridized carbons (Fsp3) is 0.769. The lowest BCUT2D eigenvalue weighted by atomic mass is 9.93. The molecule has 0 aromatic carbocycles. The highest BCUT2D eigenvalue weighted by Crippen LogP contribution is 2.33. The largest absolute Gasteiger partial charge is 0.299 e. The summed E-state index contributed by atoms with van der Waals surface area (Å²) in [7, 11) is 0. The normalized spacial score (nSPS) is 33.0. The van der Waals surface area contributed by atoms with Crippen LogP contribution in [0.3, 0.4) is 0 Å². The van der Waals surface area contributed by atoms with Gasteiger partial charge in [-0.05, 0) is 0 Å². The fourth-order valence-corrected chi connectivity index (χ4v) is 3.81. The zero-order valence-electron chi connectivity index (χ0n) is 10.9. The molecule has 3 aliphatic rings. The van der Waals surface area contributed by atoms with E-state index < -0.39 is 0 Å². The maximum absolute atomic E-state index is 4.87. The molecule has 17 heavy (non-hydrogen) atoms. The highest BCUT2D eigenvalue weighted by atomic mass is 32.1. The molecule has 3 fully saturated rings. The van der Waals surface area contributed by atoms with Crippen LogP contribution >= 0.6 is 11.3 Å². The minimum atomic E-state index is 0.179. The maximum atomic E-state index is 4.87. The van der Waals surface area contributed by atoms with Crippen molar-refractivity contribution < 1.29 is 0 Å². The van der Waals surface area contributed by atoms with Gasteiger partial charge in [0.05, 0.1) is 11.7 Å². The predicted octanol–water partition coefficient (Wildman–Crippen LogP) is 2.11. The molecule has 1 aromatic rings. The first-order valence-electron chi connectivity index (χ1n) is 6.46. The molecule has 1 aromatic heterocycles. The summed E-state index contributed by atoms with van der Waals surface area (Å²) in [5, 5.41) is 3.56. The average molecular weight is 251 g/mol. The summed E-state index contributed by atoms with van der Waals surface area (Å²) in [6, 6.07) is 0.554. The van der Waals surface area contributed by atoms with Gasteiger partial charge < -0.3 is 0 Å². The molecule has 0 saturated carbocycles. The molecule has 1 unspecified atom stereocenters. The molecule has 0 N–H and O–H groups in total. The third kappa shape index (κ3) is 2.14. The van der Waals surface area contributed by atoms with Crippen molar-refractivity contribution in [1.82, 2.24) is 14.8 Å². The summed E-state index contributed by atoms with van der Waals surface area (Å²) in [5.41, 5.74) is 1.42. The van der Waals surface area contributed by atoms with Crippen LogP contribution in [0.1, 0.15) is 37.5 Å². The molecule has 1 atom stereocenters. The SMILES string of the molecule is CC(C)(C)c1csc(C2CN3CCN2CC3)n1. The summed E-state index contributed by atoms with van der Waals surface area (Å²) in [6.45, 7) is 12.8. The van der Waals surface area contributed by atoms with E-state index in [4.69, 9.17) is 4.98 Å². The molecule has 4 rings (SSSR count). The van der Waals surface area contributed by atoms with Gasteiger partial charge in [-0.1, -0.05) is 20.8 Å². The Balaban J connectivity index is 1.83. The van der Waals surface area contributed by atoms with Gasteiger partial charge in [-0.2, -0.15) is 0 Å². The zero-order valence-corrected chi connectivity index (χ0v) is 11.8. The van der Waals surface area contributed by atoms with Crippen LogP contribution in [-0.2, 0) is 5.41 Å². The van der Waals surface area contributed by atoms with E-state index in [9.17, 15) is 0 Å². The first kappa shape index (κ1) is 11.6. The number of hydrogen-bond acceptors (Lipinski definition) is 4. The highest BCUT2D eigenvalue weighted by molar-refractivity contribution is 7.09. The van der Waals surface area contributed by atoms with Gasteiger partial charge in [0, 0.05) is 43.5 Å². The van der Waals surface area contributed by atoms with Crippen LogP contribution in [0.15, 0.2) is 5.38 Å². The molecular weight excluding hydrogens is 230 g/mol. The molecule has 3 nitrogen and oxygen atoms in total. The van der Waals surface area contributed by atoms with Crippen molar-refractivity contribution in [2.75, 3.05) is 32.7 Å². The first-order valence-corrected chi connectivity index (χ1v) is 7.34. The van der Waals surface area contributed by atoms with Crippen LogP contribution in [0, 0.1) is 0 Å². The number of hydrogen-bond donors (Lipinski definition) is 0. The lowest BCUT2D eigenvalue weighted by molar-refractivity contribution is 0.0122. The molecule has 4 heteroatoms. The minimum Gasteiger partial charge on any atom is -0.299 e. The average Bonchev–Trinajstić information content (AvgIpc) is 2.79. The van der Waals surface area contributed by atoms with Gasteiger partial charge in [-0.3, -0.25) is 9.80 Å². The number of piperazine rings is 3. The van der Waals surface area contributed by atoms with Crippen molar-refractivity contribution in [3.05, 3.63) is 16.1 Å². The van der Waals surface area contributed by atoms with Gasteiger partial charge in [0.1, 0.15) is 5.01 Å². The topological polar surface area (TPSA) is 19.4 Å². The molecule has 3 aliphatic heterocycles. The zero-order chi connectivity index (χ0) is 12.0. The molecule has 0 aliphatic carbocycles. The summed E-state index contributed by atoms with van der Waals surface area (Å²) in [5.74, 6) is 0. The number of rotatable bonds is 1. The smallest absolute Gasteiger partial charge is 0.111 e. The third-order valence-corrected chi connectivity index (χ3v) is 4.80. The molecule has 0 amide bonds. The van der Waals surface area contributed by atoms with Gasteiger partial charge in [0.2, 0.25) is 0 Å². The maximum Gasteiger partial charge on any atom is 0.111 e. The summed E-state index contributed by atoms with van der Waals surface area (Å²) in [4.78, 5) is 10.0. The lowest BCUT2D eigenvalue weighted by Crippen LogP contribution is -2.56.